The largest absolute Gasteiger partial charge is 0.311 e. The first-order chi connectivity index (χ1) is 50.1. The third-order valence-corrected chi connectivity index (χ3v) is 20.2. The fourth-order valence-electron chi connectivity index (χ4n) is 15.6. The van der Waals surface area contributed by atoms with E-state index in [4.69, 9.17) is 24.9 Å². The second-order valence-electron chi connectivity index (χ2n) is 25.9. The minimum atomic E-state index is 0.0590. The van der Waals surface area contributed by atoms with E-state index in [9.17, 15) is 0 Å². The van der Waals surface area contributed by atoms with Crippen molar-refractivity contribution in [2.24, 2.45) is 0 Å². The summed E-state index contributed by atoms with van der Waals surface area (Å²) in [6.07, 6.45) is 0. The highest BCUT2D eigenvalue weighted by molar-refractivity contribution is 7.00. The summed E-state index contributed by atoms with van der Waals surface area (Å²) < 4.78 is 4.80. The number of rotatable bonds is 11. The van der Waals surface area contributed by atoms with Crippen LogP contribution in [0.5, 0.6) is 0 Å². The first kappa shape index (κ1) is 57.7. The quantitative estimate of drug-likeness (QED) is 0.119. The van der Waals surface area contributed by atoms with Crippen LogP contribution in [0.4, 0.5) is 34.1 Å². The molecule has 2 aliphatic heterocycles. The molecule has 470 valence electrons. The molecule has 0 saturated heterocycles. The van der Waals surface area contributed by atoms with E-state index >= 15 is 0 Å². The smallest absolute Gasteiger partial charge is 0.252 e. The Morgan fingerprint density at radius 3 is 1.26 bits per heavy atom. The first-order valence-corrected chi connectivity index (χ1v) is 34.3. The number of aromatic nitrogens is 7. The molecule has 6 heterocycles. The second-order valence-corrected chi connectivity index (χ2v) is 25.9. The van der Waals surface area contributed by atoms with Gasteiger partial charge in [-0.15, -0.1) is 0 Å². The van der Waals surface area contributed by atoms with Crippen LogP contribution in [0.2, 0.25) is 0 Å². The predicted octanol–water partition coefficient (Wildman–Crippen LogP) is 20.6. The van der Waals surface area contributed by atoms with Crippen LogP contribution in [0, 0.1) is 0 Å². The van der Waals surface area contributed by atoms with E-state index in [1.807, 2.05) is 66.7 Å². The lowest BCUT2D eigenvalue weighted by molar-refractivity contribution is 1.07. The van der Waals surface area contributed by atoms with Crippen molar-refractivity contribution in [3.8, 4) is 90.6 Å². The molecule has 4 aromatic heterocycles. The third kappa shape index (κ3) is 9.59. The number of fused-ring (bicyclic) bond motifs is 10. The summed E-state index contributed by atoms with van der Waals surface area (Å²) in [5.74, 6) is 2.22. The lowest BCUT2D eigenvalue weighted by Gasteiger charge is -2.44. The predicted molar refractivity (Wildman–Crippen MR) is 416 cm³/mol. The van der Waals surface area contributed by atoms with E-state index in [2.05, 4.69) is 304 Å². The summed E-state index contributed by atoms with van der Waals surface area (Å²) >= 11 is 0. The number of anilines is 6. The monoisotopic (exact) mass is 1290 g/mol. The van der Waals surface area contributed by atoms with Gasteiger partial charge in [0.05, 0.1) is 39.1 Å². The van der Waals surface area contributed by atoms with Gasteiger partial charge in [0.1, 0.15) is 0 Å². The van der Waals surface area contributed by atoms with Crippen LogP contribution >= 0.6 is 0 Å². The molecular formula is C91H58BN9. The van der Waals surface area contributed by atoms with Crippen LogP contribution in [0.3, 0.4) is 0 Å². The van der Waals surface area contributed by atoms with E-state index in [0.29, 0.717) is 23.3 Å². The molecule has 0 spiro atoms. The van der Waals surface area contributed by atoms with Crippen LogP contribution in [-0.4, -0.2) is 40.8 Å². The van der Waals surface area contributed by atoms with Crippen LogP contribution in [0.25, 0.3) is 134 Å². The Labute approximate surface area is 583 Å². The van der Waals surface area contributed by atoms with Gasteiger partial charge >= 0.3 is 0 Å². The molecule has 10 heteroatoms. The second kappa shape index (κ2) is 23.6. The van der Waals surface area contributed by atoms with Gasteiger partial charge in [0.15, 0.2) is 23.3 Å². The summed E-state index contributed by atoms with van der Waals surface area (Å²) in [6.45, 7) is 0.0590. The van der Waals surface area contributed by atoms with Gasteiger partial charge in [-0.1, -0.05) is 237 Å². The van der Waals surface area contributed by atoms with Gasteiger partial charge in [-0.25, -0.2) is 24.9 Å². The Hall–Kier alpha value is -13.6. The molecule has 101 heavy (non-hydrogen) atoms. The van der Waals surface area contributed by atoms with Gasteiger partial charge in [0, 0.05) is 94.7 Å². The Morgan fingerprint density at radius 1 is 0.218 bits per heavy atom. The fraction of sp³-hybridized carbons (Fsp3) is 0. The molecular weight excluding hydrogens is 1230 g/mol. The molecule has 0 bridgehead atoms. The number of nitrogens with zero attached hydrogens (tertiary/aromatic N) is 9. The Balaban J connectivity index is 0.762. The lowest BCUT2D eigenvalue weighted by atomic mass is 9.33. The highest BCUT2D eigenvalue weighted by atomic mass is 15.2. The Kier molecular flexibility index (Phi) is 13.5. The number of para-hydroxylation sites is 6. The maximum absolute atomic E-state index is 5.75. The average molecular weight is 1290 g/mol. The van der Waals surface area contributed by atoms with Crippen molar-refractivity contribution in [2.45, 2.75) is 0 Å². The SMILES string of the molecule is c1ccc(-c2cc(-c3cccc(-c4ccc(N5c6ccccc6B6c7ccccc7N(c7ccccc7)c7cccc5c76)cc4)c3)nc(-c3cc(-c4nc(-c5ccccc5)nc(-c5ccccc5)n4)ccc3-n3c4ccccc4c4cc5c6ccccc6n(-c6ccccc6)c5cc43)n2)cc1. The molecule has 0 atom stereocenters. The molecule has 2 aliphatic rings. The minimum absolute atomic E-state index is 0.0590. The van der Waals surface area contributed by atoms with Crippen molar-refractivity contribution in [3.63, 3.8) is 0 Å². The zero-order valence-corrected chi connectivity index (χ0v) is 54.6. The van der Waals surface area contributed by atoms with E-state index in [0.717, 1.165) is 111 Å². The molecule has 0 saturated carbocycles. The van der Waals surface area contributed by atoms with E-state index in [1.165, 1.54) is 49.9 Å². The normalized spacial score (nSPS) is 12.3. The van der Waals surface area contributed by atoms with Crippen LogP contribution in [-0.2, 0) is 0 Å². The van der Waals surface area contributed by atoms with Crippen LogP contribution < -0.4 is 26.2 Å². The van der Waals surface area contributed by atoms with Crippen molar-refractivity contribution in [2.75, 3.05) is 9.80 Å². The lowest BCUT2D eigenvalue weighted by Crippen LogP contribution is -2.61. The number of benzene rings is 14. The molecule has 0 N–H and O–H groups in total. The van der Waals surface area contributed by atoms with E-state index in [-0.39, 0.29) is 6.71 Å². The summed E-state index contributed by atoms with van der Waals surface area (Å²) in [7, 11) is 0. The van der Waals surface area contributed by atoms with Gasteiger partial charge in [-0.2, -0.15) is 0 Å². The van der Waals surface area contributed by atoms with Crippen molar-refractivity contribution in [1.82, 2.24) is 34.1 Å². The Morgan fingerprint density at radius 2 is 0.653 bits per heavy atom. The Bertz CT molecular complexity index is 6220. The van der Waals surface area contributed by atoms with Gasteiger partial charge in [-0.05, 0) is 143 Å². The summed E-state index contributed by atoms with van der Waals surface area (Å²) in [4.78, 5) is 32.0. The van der Waals surface area contributed by atoms with E-state index in [1.54, 1.807) is 0 Å². The highest BCUT2D eigenvalue weighted by Gasteiger charge is 2.43. The van der Waals surface area contributed by atoms with Gasteiger partial charge in [0.25, 0.3) is 6.71 Å². The maximum atomic E-state index is 5.75. The maximum Gasteiger partial charge on any atom is 0.252 e. The van der Waals surface area contributed by atoms with Crippen molar-refractivity contribution >= 4 is 101 Å². The number of hydrogen-bond donors (Lipinski definition) is 0. The zero-order valence-electron chi connectivity index (χ0n) is 54.6. The standard InChI is InChI=1S/C91H58BN9/c1-6-26-60(27-7-1)76-57-77(64-33-24-32-63(54-64)59-48-51-68(52-49-59)100-82-45-23-19-41-75(82)92-74-40-18-22-44-81(74)99(67-36-14-5-15-37-67)83-46-25-47-84(100)87(83)92)94-91(93-76)73-55-65(90-96-88(61-28-8-2-9-29-61)95-89(97-90)62-30-10-3-11-31-62)50-53-80(73)101-79-43-21-17-39-70(79)72-56-71-69-38-16-20-42-78(69)98(85(71)58-86(72)101)66-34-12-4-13-35-66/h1-58H. The van der Waals surface area contributed by atoms with Crippen LogP contribution in [0.1, 0.15) is 0 Å². The summed E-state index contributed by atoms with van der Waals surface area (Å²) in [6, 6.07) is 126. The summed E-state index contributed by atoms with van der Waals surface area (Å²) in [5, 5.41) is 4.64. The zero-order chi connectivity index (χ0) is 66.5. The van der Waals surface area contributed by atoms with Crippen molar-refractivity contribution in [1.29, 1.82) is 0 Å². The molecule has 0 amide bonds. The average Bonchev–Trinajstić information content (AvgIpc) is 1.65. The van der Waals surface area contributed by atoms with Crippen molar-refractivity contribution < 1.29 is 0 Å². The van der Waals surface area contributed by atoms with Crippen LogP contribution in [0.15, 0.2) is 352 Å². The molecule has 9 nitrogen and oxygen atoms in total. The van der Waals surface area contributed by atoms with E-state index < -0.39 is 0 Å². The fourth-order valence-corrected chi connectivity index (χ4v) is 15.6. The first-order valence-electron chi connectivity index (χ1n) is 34.3. The molecule has 0 fully saturated rings. The van der Waals surface area contributed by atoms with Gasteiger partial charge < -0.3 is 18.9 Å². The number of hydrogen-bond acceptors (Lipinski definition) is 7. The van der Waals surface area contributed by atoms with Gasteiger partial charge in [-0.3, -0.25) is 0 Å². The molecule has 20 rings (SSSR count). The third-order valence-electron chi connectivity index (χ3n) is 20.2. The molecule has 0 unspecified atom stereocenters. The molecule has 0 aliphatic carbocycles. The molecule has 14 aromatic carbocycles. The summed E-state index contributed by atoms with van der Waals surface area (Å²) in [5.41, 5.74) is 26.1. The van der Waals surface area contributed by atoms with Gasteiger partial charge in [0.2, 0.25) is 0 Å². The minimum Gasteiger partial charge on any atom is -0.311 e. The topological polar surface area (TPSA) is 80.8 Å². The molecule has 18 aromatic rings. The van der Waals surface area contributed by atoms with Crippen molar-refractivity contribution in [3.05, 3.63) is 352 Å². The molecule has 0 radical (unpaired) electrons. The highest BCUT2D eigenvalue weighted by Crippen LogP contribution is 2.46.